The number of amides is 1. The van der Waals surface area contributed by atoms with E-state index >= 15 is 0 Å². The number of carbonyl (C=O) groups is 2. The summed E-state index contributed by atoms with van der Waals surface area (Å²) in [5.41, 5.74) is 0.282. The predicted octanol–water partition coefficient (Wildman–Crippen LogP) is 2.86. The van der Waals surface area contributed by atoms with Crippen molar-refractivity contribution in [1.82, 2.24) is 19.8 Å². The molecule has 1 aromatic carbocycles. The van der Waals surface area contributed by atoms with E-state index in [1.807, 2.05) is 30.9 Å². The van der Waals surface area contributed by atoms with Crippen molar-refractivity contribution in [2.24, 2.45) is 0 Å². The largest absolute Gasteiger partial charge is 0.462 e. The molecular formula is C25H32FN5O3. The maximum atomic E-state index is 13.4. The molecule has 1 amide bonds. The van der Waals surface area contributed by atoms with Crippen molar-refractivity contribution in [2.45, 2.75) is 26.3 Å². The van der Waals surface area contributed by atoms with E-state index < -0.39 is 11.5 Å². The number of rotatable bonds is 8. The first kappa shape index (κ1) is 25.3. The number of hydrogen-bond donors (Lipinski definition) is 0. The summed E-state index contributed by atoms with van der Waals surface area (Å²) >= 11 is 0. The fourth-order valence-corrected chi connectivity index (χ4v) is 3.85. The first-order chi connectivity index (χ1) is 16.3. The van der Waals surface area contributed by atoms with E-state index in [0.29, 0.717) is 50.8 Å². The van der Waals surface area contributed by atoms with Crippen LogP contribution in [0.25, 0.3) is 6.08 Å². The smallest absolute Gasteiger partial charge is 0.341 e. The molecule has 1 saturated heterocycles. The summed E-state index contributed by atoms with van der Waals surface area (Å²) in [6, 6.07) is 6.19. The molecule has 1 atom stereocenters. The van der Waals surface area contributed by atoms with Crippen molar-refractivity contribution in [3.63, 3.8) is 0 Å². The number of anilines is 1. The third kappa shape index (κ3) is 5.77. The molecule has 0 N–H and O–H groups in total. The number of piperazine rings is 1. The number of aromatic nitrogens is 2. The number of hydrogen-bond acceptors (Lipinski definition) is 7. The zero-order chi connectivity index (χ0) is 24.7. The molecular weight excluding hydrogens is 437 g/mol. The topological polar surface area (TPSA) is 78.9 Å². The Balaban J connectivity index is 1.74. The summed E-state index contributed by atoms with van der Waals surface area (Å²) in [5.74, 6) is -0.207. The third-order valence-electron chi connectivity index (χ3n) is 6.09. The van der Waals surface area contributed by atoms with Crippen LogP contribution in [0.4, 0.5) is 10.3 Å². The van der Waals surface area contributed by atoms with Crippen molar-refractivity contribution in [3.05, 3.63) is 59.7 Å². The number of nitrogens with zero attached hydrogens (tertiary/aromatic N) is 5. The van der Waals surface area contributed by atoms with Gasteiger partial charge in [-0.15, -0.1) is 0 Å². The van der Waals surface area contributed by atoms with Crippen LogP contribution in [-0.4, -0.2) is 83.6 Å². The third-order valence-corrected chi connectivity index (χ3v) is 6.09. The van der Waals surface area contributed by atoms with Crippen LogP contribution in [0.2, 0.25) is 0 Å². The summed E-state index contributed by atoms with van der Waals surface area (Å²) in [6.45, 7) is 9.00. The molecule has 1 unspecified atom stereocenters. The van der Waals surface area contributed by atoms with Crippen molar-refractivity contribution < 1.29 is 18.7 Å². The van der Waals surface area contributed by atoms with Crippen LogP contribution in [0.5, 0.6) is 0 Å². The van der Waals surface area contributed by atoms with Gasteiger partial charge < -0.3 is 14.5 Å². The molecule has 0 aliphatic carbocycles. The van der Waals surface area contributed by atoms with Gasteiger partial charge in [-0.2, -0.15) is 0 Å². The first-order valence-corrected chi connectivity index (χ1v) is 11.5. The number of halogens is 1. The summed E-state index contributed by atoms with van der Waals surface area (Å²) in [7, 11) is 1.79. The quantitative estimate of drug-likeness (QED) is 0.550. The van der Waals surface area contributed by atoms with Crippen LogP contribution >= 0.6 is 0 Å². The summed E-state index contributed by atoms with van der Waals surface area (Å²) in [5, 5.41) is 0. The van der Waals surface area contributed by atoms with Gasteiger partial charge in [0.1, 0.15) is 11.4 Å². The van der Waals surface area contributed by atoms with Gasteiger partial charge in [0.2, 0.25) is 11.9 Å². The fourth-order valence-electron chi connectivity index (χ4n) is 3.85. The maximum absolute atomic E-state index is 13.4. The summed E-state index contributed by atoms with van der Waals surface area (Å²) in [6.07, 6.45) is 6.71. The molecule has 1 aliphatic rings. The lowest BCUT2D eigenvalue weighted by Gasteiger charge is -2.44. The van der Waals surface area contributed by atoms with E-state index in [4.69, 9.17) is 4.74 Å². The zero-order valence-corrected chi connectivity index (χ0v) is 20.2. The van der Waals surface area contributed by atoms with E-state index in [2.05, 4.69) is 14.9 Å². The van der Waals surface area contributed by atoms with Gasteiger partial charge in [0, 0.05) is 52.2 Å². The highest BCUT2D eigenvalue weighted by Crippen LogP contribution is 2.24. The lowest BCUT2D eigenvalue weighted by Crippen LogP contribution is -2.61. The van der Waals surface area contributed by atoms with Crippen molar-refractivity contribution in [1.29, 1.82) is 0 Å². The molecule has 2 heterocycles. The highest BCUT2D eigenvalue weighted by Gasteiger charge is 2.40. The van der Waals surface area contributed by atoms with Crippen LogP contribution in [0.3, 0.4) is 0 Å². The van der Waals surface area contributed by atoms with Gasteiger partial charge in [-0.05, 0) is 38.5 Å². The van der Waals surface area contributed by atoms with Gasteiger partial charge in [-0.25, -0.2) is 19.2 Å². The van der Waals surface area contributed by atoms with Crippen LogP contribution in [0.1, 0.15) is 36.7 Å². The van der Waals surface area contributed by atoms with Gasteiger partial charge in [-0.1, -0.05) is 24.3 Å². The van der Waals surface area contributed by atoms with Crippen LogP contribution < -0.4 is 4.90 Å². The van der Waals surface area contributed by atoms with Crippen molar-refractivity contribution >= 4 is 23.9 Å². The van der Waals surface area contributed by atoms with E-state index in [9.17, 15) is 14.0 Å². The van der Waals surface area contributed by atoms with E-state index in [-0.39, 0.29) is 11.7 Å². The van der Waals surface area contributed by atoms with Crippen molar-refractivity contribution in [3.8, 4) is 0 Å². The Bertz CT molecular complexity index is 1000. The molecule has 2 aromatic rings. The highest BCUT2D eigenvalue weighted by atomic mass is 19.1. The molecule has 0 bridgehead atoms. The summed E-state index contributed by atoms with van der Waals surface area (Å²) < 4.78 is 18.2. The number of benzene rings is 1. The monoisotopic (exact) mass is 469 g/mol. The van der Waals surface area contributed by atoms with Gasteiger partial charge in [0.25, 0.3) is 0 Å². The van der Waals surface area contributed by atoms with Gasteiger partial charge >= 0.3 is 5.97 Å². The normalized spacial score (nSPS) is 16.3. The van der Waals surface area contributed by atoms with Crippen LogP contribution in [0.15, 0.2) is 42.7 Å². The maximum Gasteiger partial charge on any atom is 0.341 e. The Labute approximate surface area is 200 Å². The zero-order valence-electron chi connectivity index (χ0n) is 20.2. The molecule has 0 spiro atoms. The summed E-state index contributed by atoms with van der Waals surface area (Å²) in [4.78, 5) is 39.7. The van der Waals surface area contributed by atoms with Gasteiger partial charge in [-0.3, -0.25) is 9.69 Å². The SMILES string of the molecule is CCOC(=O)c1cnc(N2CCN(C(C)(C=Cc3ccc(F)cc3)C(=O)N(C)CC)CC2)nc1. The molecule has 34 heavy (non-hydrogen) atoms. The minimum Gasteiger partial charge on any atom is -0.462 e. The molecule has 0 saturated carbocycles. The van der Waals surface area contributed by atoms with Gasteiger partial charge in [0.15, 0.2) is 0 Å². The van der Waals surface area contributed by atoms with Crippen LogP contribution in [0, 0.1) is 5.82 Å². The number of likely N-dealkylation sites (N-methyl/N-ethyl adjacent to an activating group) is 1. The standard InChI is InChI=1S/C25H32FN5O3/c1-5-29(4)23(33)25(3,12-11-19-7-9-21(26)10-8-19)31-15-13-30(14-16-31)24-27-17-20(18-28-24)22(32)34-6-2/h7-12,17-18H,5-6,13-16H2,1-4H3. The van der Waals surface area contributed by atoms with Gasteiger partial charge in [0.05, 0.1) is 12.2 Å². The Morgan fingerprint density at radius 3 is 2.29 bits per heavy atom. The minimum atomic E-state index is -0.861. The second kappa shape index (κ2) is 11.2. The number of esters is 1. The van der Waals surface area contributed by atoms with E-state index in [1.54, 1.807) is 31.0 Å². The molecule has 1 aromatic heterocycles. The molecule has 1 fully saturated rings. The predicted molar refractivity (Wildman–Crippen MR) is 129 cm³/mol. The highest BCUT2D eigenvalue weighted by molar-refractivity contribution is 5.89. The lowest BCUT2D eigenvalue weighted by atomic mass is 9.94. The Hall–Kier alpha value is -3.33. The second-order valence-electron chi connectivity index (χ2n) is 8.32. The molecule has 3 rings (SSSR count). The van der Waals surface area contributed by atoms with E-state index in [0.717, 1.165) is 5.56 Å². The Morgan fingerprint density at radius 2 is 1.74 bits per heavy atom. The average Bonchev–Trinajstić information content (AvgIpc) is 2.87. The second-order valence-corrected chi connectivity index (χ2v) is 8.32. The lowest BCUT2D eigenvalue weighted by molar-refractivity contribution is -0.139. The number of ether oxygens (including phenoxy) is 1. The Kier molecular flexibility index (Phi) is 8.33. The molecule has 182 valence electrons. The number of carbonyl (C=O) groups excluding carboxylic acids is 2. The molecule has 9 heteroatoms. The Morgan fingerprint density at radius 1 is 1.12 bits per heavy atom. The fraction of sp³-hybridized carbons (Fsp3) is 0.440. The van der Waals surface area contributed by atoms with E-state index in [1.165, 1.54) is 24.5 Å². The average molecular weight is 470 g/mol. The first-order valence-electron chi connectivity index (χ1n) is 11.5. The minimum absolute atomic E-state index is 0.00292. The molecule has 0 radical (unpaired) electrons. The molecule has 1 aliphatic heterocycles. The van der Waals surface area contributed by atoms with Crippen LogP contribution in [-0.2, 0) is 9.53 Å². The van der Waals surface area contributed by atoms with Crippen molar-refractivity contribution in [2.75, 3.05) is 51.3 Å². The molecule has 8 nitrogen and oxygen atoms in total.